The van der Waals surface area contributed by atoms with E-state index < -0.39 is 16.0 Å². The summed E-state index contributed by atoms with van der Waals surface area (Å²) >= 11 is 12.1. The Labute approximate surface area is 156 Å². The molecule has 0 atom stereocenters. The summed E-state index contributed by atoms with van der Waals surface area (Å²) in [6, 6.07) is 4.37. The second-order valence-electron chi connectivity index (χ2n) is 5.44. The maximum absolute atomic E-state index is 12.7. The number of unbranched alkanes of at least 4 members (excludes halogenated alkanes) is 1. The number of pyridine rings is 1. The number of sulfonamides is 1. The molecule has 0 aliphatic heterocycles. The van der Waals surface area contributed by atoms with Crippen LogP contribution >= 0.6 is 23.2 Å². The minimum absolute atomic E-state index is 0.00479. The third kappa shape index (κ3) is 4.61. The minimum Gasteiger partial charge on any atom is -0.465 e. The summed E-state index contributed by atoms with van der Waals surface area (Å²) < 4.78 is 31.3. The number of ether oxygens (including phenoxy) is 1. The van der Waals surface area contributed by atoms with Gasteiger partial charge in [-0.3, -0.25) is 4.79 Å². The molecule has 0 unspecified atom stereocenters. The van der Waals surface area contributed by atoms with Gasteiger partial charge in [0.05, 0.1) is 16.5 Å². The Kier molecular flexibility index (Phi) is 6.62. The summed E-state index contributed by atoms with van der Waals surface area (Å²) in [6.07, 6.45) is 3.02. The predicted molar refractivity (Wildman–Crippen MR) is 97.4 cm³/mol. The van der Waals surface area contributed by atoms with E-state index in [-0.39, 0.29) is 23.2 Å². The molecule has 0 bridgehead atoms. The Hall–Kier alpha value is -1.41. The second kappa shape index (κ2) is 8.31. The fourth-order valence-electron chi connectivity index (χ4n) is 2.14. The van der Waals surface area contributed by atoms with Gasteiger partial charge in [-0.25, -0.2) is 13.4 Å². The van der Waals surface area contributed by atoms with Crippen LogP contribution in [0.5, 0.6) is 0 Å². The molecule has 2 rings (SSSR count). The van der Waals surface area contributed by atoms with Gasteiger partial charge in [0.2, 0.25) is 10.0 Å². The lowest BCUT2D eigenvalue weighted by atomic mass is 10.2. The topological polar surface area (TPSA) is 76.6 Å². The number of esters is 1. The lowest BCUT2D eigenvalue weighted by Gasteiger charge is -2.17. The van der Waals surface area contributed by atoms with Crippen molar-refractivity contribution >= 4 is 50.0 Å². The second-order valence-corrected chi connectivity index (χ2v) is 8.25. The standard InChI is InChI=1S/C16H18Cl2N2O4S/c1-3-4-7-24-15(21)10-20(2)25(22,23)11-5-6-12-13(8-11)16(18)19-9-14(12)17/h5-6,8-9H,3-4,7,10H2,1-2H3. The van der Waals surface area contributed by atoms with Gasteiger partial charge in [-0.2, -0.15) is 4.31 Å². The maximum atomic E-state index is 12.7. The third-order valence-electron chi connectivity index (χ3n) is 3.58. The van der Waals surface area contributed by atoms with E-state index in [0.29, 0.717) is 15.8 Å². The van der Waals surface area contributed by atoms with Crippen LogP contribution in [0.4, 0.5) is 0 Å². The van der Waals surface area contributed by atoms with Crippen LogP contribution in [0.25, 0.3) is 10.8 Å². The van der Waals surface area contributed by atoms with E-state index in [1.54, 1.807) is 6.07 Å². The Morgan fingerprint density at radius 1 is 1.28 bits per heavy atom. The van der Waals surface area contributed by atoms with E-state index in [1.807, 2.05) is 6.92 Å². The monoisotopic (exact) mass is 404 g/mol. The van der Waals surface area contributed by atoms with Crippen LogP contribution in [0.3, 0.4) is 0 Å². The Morgan fingerprint density at radius 2 is 2.00 bits per heavy atom. The van der Waals surface area contributed by atoms with Gasteiger partial charge in [-0.05, 0) is 18.6 Å². The fraction of sp³-hybridized carbons (Fsp3) is 0.375. The summed E-state index contributed by atoms with van der Waals surface area (Å²) in [5.41, 5.74) is 0. The van der Waals surface area contributed by atoms with E-state index in [1.165, 1.54) is 25.4 Å². The molecule has 2 aromatic rings. The molecule has 0 aliphatic carbocycles. The molecule has 0 saturated carbocycles. The number of hydrogen-bond acceptors (Lipinski definition) is 5. The average Bonchev–Trinajstić information content (AvgIpc) is 2.58. The zero-order valence-corrected chi connectivity index (χ0v) is 16.2. The summed E-state index contributed by atoms with van der Waals surface area (Å²) in [7, 11) is -2.56. The van der Waals surface area contributed by atoms with Gasteiger partial charge in [-0.15, -0.1) is 0 Å². The van der Waals surface area contributed by atoms with Gasteiger partial charge in [0, 0.05) is 24.0 Å². The molecule has 9 heteroatoms. The fourth-order valence-corrected chi connectivity index (χ4v) is 3.70. The van der Waals surface area contributed by atoms with Crippen LogP contribution in [0.2, 0.25) is 10.2 Å². The molecule has 6 nitrogen and oxygen atoms in total. The molecule has 0 N–H and O–H groups in total. The molecule has 1 aromatic carbocycles. The van der Waals surface area contributed by atoms with Crippen LogP contribution in [0, 0.1) is 0 Å². The highest BCUT2D eigenvalue weighted by Gasteiger charge is 2.24. The van der Waals surface area contributed by atoms with E-state index >= 15 is 0 Å². The highest BCUT2D eigenvalue weighted by molar-refractivity contribution is 7.89. The zero-order chi connectivity index (χ0) is 18.6. The van der Waals surface area contributed by atoms with Crippen LogP contribution in [-0.2, 0) is 19.6 Å². The Bertz CT molecular complexity index is 887. The van der Waals surface area contributed by atoms with Crippen molar-refractivity contribution in [2.75, 3.05) is 20.2 Å². The molecule has 25 heavy (non-hydrogen) atoms. The highest BCUT2D eigenvalue weighted by atomic mass is 35.5. The number of carbonyl (C=O) groups is 1. The number of carbonyl (C=O) groups excluding carboxylic acids is 1. The van der Waals surface area contributed by atoms with Crippen molar-refractivity contribution in [3.63, 3.8) is 0 Å². The molecule has 1 heterocycles. The van der Waals surface area contributed by atoms with Gasteiger partial charge in [0.1, 0.15) is 11.7 Å². The normalized spacial score (nSPS) is 11.9. The van der Waals surface area contributed by atoms with Gasteiger partial charge in [0.15, 0.2) is 0 Å². The van der Waals surface area contributed by atoms with Crippen molar-refractivity contribution in [3.05, 3.63) is 34.6 Å². The molecule has 0 saturated heterocycles. The number of hydrogen-bond donors (Lipinski definition) is 0. The molecule has 0 fully saturated rings. The van der Waals surface area contributed by atoms with Crippen LogP contribution < -0.4 is 0 Å². The third-order valence-corrected chi connectivity index (χ3v) is 5.98. The van der Waals surface area contributed by atoms with Gasteiger partial charge in [0.25, 0.3) is 0 Å². The summed E-state index contributed by atoms with van der Waals surface area (Å²) in [5, 5.41) is 1.55. The van der Waals surface area contributed by atoms with E-state index in [2.05, 4.69) is 4.98 Å². The molecule has 0 aliphatic rings. The van der Waals surface area contributed by atoms with Gasteiger partial charge >= 0.3 is 5.97 Å². The minimum atomic E-state index is -3.88. The first kappa shape index (κ1) is 19.9. The number of nitrogens with zero attached hydrogens (tertiary/aromatic N) is 2. The predicted octanol–water partition coefficient (Wildman–Crippen LogP) is 3.51. The summed E-state index contributed by atoms with van der Waals surface area (Å²) in [5.74, 6) is -0.594. The Morgan fingerprint density at radius 3 is 2.68 bits per heavy atom. The maximum Gasteiger partial charge on any atom is 0.321 e. The number of rotatable bonds is 7. The van der Waals surface area contributed by atoms with Crippen LogP contribution in [0.1, 0.15) is 19.8 Å². The van der Waals surface area contributed by atoms with Gasteiger partial charge in [-0.1, -0.05) is 42.6 Å². The number of aromatic nitrogens is 1. The highest BCUT2D eigenvalue weighted by Crippen LogP contribution is 2.30. The average molecular weight is 405 g/mol. The van der Waals surface area contributed by atoms with Crippen molar-refractivity contribution in [1.29, 1.82) is 0 Å². The molecule has 136 valence electrons. The summed E-state index contributed by atoms with van der Waals surface area (Å²) in [4.78, 5) is 15.7. The zero-order valence-electron chi connectivity index (χ0n) is 13.8. The van der Waals surface area contributed by atoms with Crippen molar-refractivity contribution < 1.29 is 17.9 Å². The van der Waals surface area contributed by atoms with Crippen LogP contribution in [0.15, 0.2) is 29.3 Å². The van der Waals surface area contributed by atoms with Crippen molar-refractivity contribution in [2.45, 2.75) is 24.7 Å². The lowest BCUT2D eigenvalue weighted by molar-refractivity contribution is -0.143. The Balaban J connectivity index is 2.25. The first-order valence-electron chi connectivity index (χ1n) is 7.63. The number of likely N-dealkylation sites (N-methyl/N-ethyl adjacent to an activating group) is 1. The van der Waals surface area contributed by atoms with Crippen LogP contribution in [-0.4, -0.2) is 43.9 Å². The SMILES string of the molecule is CCCCOC(=O)CN(C)S(=O)(=O)c1ccc2c(Cl)cnc(Cl)c2c1. The van der Waals surface area contributed by atoms with Crippen molar-refractivity contribution in [1.82, 2.24) is 9.29 Å². The van der Waals surface area contributed by atoms with Crippen molar-refractivity contribution in [3.8, 4) is 0 Å². The van der Waals surface area contributed by atoms with Gasteiger partial charge < -0.3 is 4.74 Å². The molecule has 0 radical (unpaired) electrons. The molecule has 0 spiro atoms. The van der Waals surface area contributed by atoms with Crippen molar-refractivity contribution in [2.24, 2.45) is 0 Å². The molecular formula is C16H18Cl2N2O4S. The number of halogens is 2. The van der Waals surface area contributed by atoms with E-state index in [0.717, 1.165) is 17.1 Å². The largest absolute Gasteiger partial charge is 0.465 e. The summed E-state index contributed by atoms with van der Waals surface area (Å²) in [6.45, 7) is 1.88. The number of benzene rings is 1. The quantitative estimate of drug-likeness (QED) is 0.400. The molecule has 0 amide bonds. The number of fused-ring (bicyclic) bond motifs is 1. The smallest absolute Gasteiger partial charge is 0.321 e. The first-order chi connectivity index (χ1) is 11.8. The molecular weight excluding hydrogens is 387 g/mol. The van der Waals surface area contributed by atoms with E-state index in [4.69, 9.17) is 27.9 Å². The molecule has 1 aromatic heterocycles. The van der Waals surface area contributed by atoms with E-state index in [9.17, 15) is 13.2 Å². The lowest BCUT2D eigenvalue weighted by Crippen LogP contribution is -2.33. The first-order valence-corrected chi connectivity index (χ1v) is 9.82.